The zero-order chi connectivity index (χ0) is 15.1. The van der Waals surface area contributed by atoms with E-state index in [0.717, 1.165) is 55.8 Å². The van der Waals surface area contributed by atoms with Crippen molar-refractivity contribution < 1.29 is 9.53 Å². The monoisotopic (exact) mass is 354 g/mol. The first-order valence-electron chi connectivity index (χ1n) is 7.42. The average molecular weight is 355 g/mol. The molecule has 0 unspecified atom stereocenters. The second-order valence-electron chi connectivity index (χ2n) is 5.29. The van der Waals surface area contributed by atoms with Gasteiger partial charge in [0.25, 0.3) is 0 Å². The lowest BCUT2D eigenvalue weighted by atomic mass is 10.1. The number of amides is 1. The van der Waals surface area contributed by atoms with Crippen LogP contribution in [0.3, 0.4) is 0 Å². The van der Waals surface area contributed by atoms with Crippen molar-refractivity contribution in [2.24, 2.45) is 0 Å². The van der Waals surface area contributed by atoms with E-state index in [4.69, 9.17) is 4.74 Å². The summed E-state index contributed by atoms with van der Waals surface area (Å²) in [7, 11) is 1.65. The van der Waals surface area contributed by atoms with E-state index in [-0.39, 0.29) is 5.91 Å². The Bertz CT molecular complexity index is 467. The van der Waals surface area contributed by atoms with Gasteiger partial charge in [-0.25, -0.2) is 0 Å². The zero-order valence-electron chi connectivity index (χ0n) is 12.6. The minimum Gasteiger partial charge on any atom is -0.497 e. The van der Waals surface area contributed by atoms with Crippen molar-refractivity contribution in [1.82, 2.24) is 9.80 Å². The lowest BCUT2D eigenvalue weighted by Crippen LogP contribution is -2.36. The number of ether oxygens (including phenoxy) is 1. The molecule has 1 aliphatic heterocycles. The van der Waals surface area contributed by atoms with Crippen LogP contribution in [-0.2, 0) is 11.2 Å². The number of nitrogens with zero attached hydrogens (tertiary/aromatic N) is 2. The van der Waals surface area contributed by atoms with Crippen LogP contribution in [0.25, 0.3) is 0 Å². The molecular formula is C16H23BrN2O2. The molecule has 0 spiro atoms. The summed E-state index contributed by atoms with van der Waals surface area (Å²) in [6.07, 6.45) is 1.51. The molecule has 5 heteroatoms. The minimum atomic E-state index is 0.212. The van der Waals surface area contributed by atoms with Gasteiger partial charge < -0.3 is 14.5 Å². The van der Waals surface area contributed by atoms with Gasteiger partial charge in [0.2, 0.25) is 5.91 Å². The Morgan fingerprint density at radius 2 is 2.14 bits per heavy atom. The largest absolute Gasteiger partial charge is 0.497 e. The van der Waals surface area contributed by atoms with E-state index in [1.165, 1.54) is 0 Å². The van der Waals surface area contributed by atoms with Gasteiger partial charge in [-0.05, 0) is 30.7 Å². The van der Waals surface area contributed by atoms with Gasteiger partial charge in [-0.1, -0.05) is 28.1 Å². The number of hydrogen-bond donors (Lipinski definition) is 0. The quantitative estimate of drug-likeness (QED) is 0.759. The standard InChI is InChI=1S/C16H23BrN2O2/c1-21-15-5-2-4-14(12-15)13-16(20)19-8-3-7-18(9-6-17)10-11-19/h2,4-5,12H,3,6-11,13H2,1H3. The summed E-state index contributed by atoms with van der Waals surface area (Å²) in [5, 5.41) is 0.991. The Balaban J connectivity index is 1.90. The topological polar surface area (TPSA) is 32.8 Å². The zero-order valence-corrected chi connectivity index (χ0v) is 14.1. The third-order valence-electron chi connectivity index (χ3n) is 3.83. The summed E-state index contributed by atoms with van der Waals surface area (Å²) in [5.74, 6) is 1.02. The van der Waals surface area contributed by atoms with Gasteiger partial charge in [0.05, 0.1) is 13.5 Å². The van der Waals surface area contributed by atoms with Crippen LogP contribution >= 0.6 is 15.9 Å². The van der Waals surface area contributed by atoms with Gasteiger partial charge >= 0.3 is 0 Å². The van der Waals surface area contributed by atoms with Crippen LogP contribution in [0.5, 0.6) is 5.75 Å². The van der Waals surface area contributed by atoms with E-state index in [0.29, 0.717) is 6.42 Å². The Labute approximate surface area is 135 Å². The molecule has 116 valence electrons. The second-order valence-corrected chi connectivity index (χ2v) is 6.09. The van der Waals surface area contributed by atoms with E-state index >= 15 is 0 Å². The number of alkyl halides is 1. The number of rotatable bonds is 5. The lowest BCUT2D eigenvalue weighted by molar-refractivity contribution is -0.130. The van der Waals surface area contributed by atoms with Crippen LogP contribution in [-0.4, -0.2) is 60.9 Å². The summed E-state index contributed by atoms with van der Waals surface area (Å²) < 4.78 is 5.21. The van der Waals surface area contributed by atoms with Crippen LogP contribution in [0.1, 0.15) is 12.0 Å². The normalized spacial score (nSPS) is 16.6. The first-order valence-corrected chi connectivity index (χ1v) is 8.54. The minimum absolute atomic E-state index is 0.212. The molecule has 1 saturated heterocycles. The van der Waals surface area contributed by atoms with Gasteiger partial charge in [-0.3, -0.25) is 4.79 Å². The van der Waals surface area contributed by atoms with Crippen molar-refractivity contribution in [3.8, 4) is 5.75 Å². The maximum Gasteiger partial charge on any atom is 0.227 e. The number of hydrogen-bond acceptors (Lipinski definition) is 3. The predicted octanol–water partition coefficient (Wildman–Crippen LogP) is 2.17. The number of carbonyl (C=O) groups is 1. The van der Waals surface area contributed by atoms with Gasteiger partial charge in [0.1, 0.15) is 5.75 Å². The van der Waals surface area contributed by atoms with E-state index in [1.807, 2.05) is 29.2 Å². The van der Waals surface area contributed by atoms with E-state index in [2.05, 4.69) is 20.8 Å². The molecule has 1 amide bonds. The predicted molar refractivity (Wildman–Crippen MR) is 88.1 cm³/mol. The molecule has 21 heavy (non-hydrogen) atoms. The third-order valence-corrected chi connectivity index (χ3v) is 4.19. The van der Waals surface area contributed by atoms with Gasteiger partial charge in [0.15, 0.2) is 0 Å². The van der Waals surface area contributed by atoms with Crippen LogP contribution < -0.4 is 4.74 Å². The highest BCUT2D eigenvalue weighted by Crippen LogP contribution is 2.14. The van der Waals surface area contributed by atoms with Gasteiger partial charge in [-0.2, -0.15) is 0 Å². The molecule has 2 rings (SSSR count). The van der Waals surface area contributed by atoms with E-state index in [9.17, 15) is 4.79 Å². The Kier molecular flexibility index (Phi) is 6.51. The van der Waals surface area contributed by atoms with Crippen molar-refractivity contribution in [3.63, 3.8) is 0 Å². The molecule has 1 aliphatic rings. The van der Waals surface area contributed by atoms with E-state index in [1.54, 1.807) is 7.11 Å². The van der Waals surface area contributed by atoms with Crippen molar-refractivity contribution in [1.29, 1.82) is 0 Å². The third kappa shape index (κ3) is 5.00. The molecule has 0 atom stereocenters. The molecule has 1 aromatic carbocycles. The van der Waals surface area contributed by atoms with Crippen LogP contribution in [0, 0.1) is 0 Å². The number of carbonyl (C=O) groups excluding carboxylic acids is 1. The van der Waals surface area contributed by atoms with Crippen LogP contribution in [0.2, 0.25) is 0 Å². The fourth-order valence-electron chi connectivity index (χ4n) is 2.63. The summed E-state index contributed by atoms with van der Waals surface area (Å²) in [4.78, 5) is 16.8. The molecule has 4 nitrogen and oxygen atoms in total. The summed E-state index contributed by atoms with van der Waals surface area (Å²) in [6, 6.07) is 7.75. The van der Waals surface area contributed by atoms with Gasteiger partial charge in [-0.15, -0.1) is 0 Å². The van der Waals surface area contributed by atoms with Crippen LogP contribution in [0.15, 0.2) is 24.3 Å². The highest BCUT2D eigenvalue weighted by molar-refractivity contribution is 9.09. The fraction of sp³-hybridized carbons (Fsp3) is 0.562. The molecule has 1 fully saturated rings. The first kappa shape index (κ1) is 16.3. The van der Waals surface area contributed by atoms with E-state index < -0.39 is 0 Å². The SMILES string of the molecule is COc1cccc(CC(=O)N2CCCN(CCBr)CC2)c1. The van der Waals surface area contributed by atoms with Crippen molar-refractivity contribution in [2.75, 3.05) is 45.2 Å². The number of benzene rings is 1. The molecule has 0 aliphatic carbocycles. The molecule has 1 aromatic rings. The smallest absolute Gasteiger partial charge is 0.227 e. The Morgan fingerprint density at radius 3 is 2.90 bits per heavy atom. The second kappa shape index (κ2) is 8.39. The molecule has 1 heterocycles. The summed E-state index contributed by atoms with van der Waals surface area (Å²) in [5.41, 5.74) is 1.01. The molecule has 0 saturated carbocycles. The summed E-state index contributed by atoms with van der Waals surface area (Å²) >= 11 is 3.48. The Hall–Kier alpha value is -1.07. The van der Waals surface area contributed by atoms with Crippen molar-refractivity contribution in [3.05, 3.63) is 29.8 Å². The van der Waals surface area contributed by atoms with Crippen LogP contribution in [0.4, 0.5) is 0 Å². The van der Waals surface area contributed by atoms with Crippen molar-refractivity contribution in [2.45, 2.75) is 12.8 Å². The highest BCUT2D eigenvalue weighted by atomic mass is 79.9. The number of halogens is 1. The lowest BCUT2D eigenvalue weighted by Gasteiger charge is -2.21. The molecule has 0 bridgehead atoms. The van der Waals surface area contributed by atoms with Gasteiger partial charge in [0, 0.05) is 31.5 Å². The molecule has 0 aromatic heterocycles. The first-order chi connectivity index (χ1) is 10.2. The molecule has 0 radical (unpaired) electrons. The number of methoxy groups -OCH3 is 1. The maximum absolute atomic E-state index is 12.4. The summed E-state index contributed by atoms with van der Waals surface area (Å²) in [6.45, 7) is 4.79. The Morgan fingerprint density at radius 1 is 1.29 bits per heavy atom. The van der Waals surface area contributed by atoms with Crippen molar-refractivity contribution >= 4 is 21.8 Å². The fourth-order valence-corrected chi connectivity index (χ4v) is 3.13. The highest BCUT2D eigenvalue weighted by Gasteiger charge is 2.18. The maximum atomic E-state index is 12.4. The molecular weight excluding hydrogens is 332 g/mol. The molecule has 0 N–H and O–H groups in total. The average Bonchev–Trinajstić information content (AvgIpc) is 2.73.